The van der Waals surface area contributed by atoms with Crippen LogP contribution in [0.5, 0.6) is 11.5 Å². The van der Waals surface area contributed by atoms with Crippen molar-refractivity contribution in [1.82, 2.24) is 9.80 Å². The maximum atomic E-state index is 13.1. The van der Waals surface area contributed by atoms with Crippen LogP contribution in [0.1, 0.15) is 25.0 Å². The molecule has 5 nitrogen and oxygen atoms in total. The molecule has 0 unspecified atom stereocenters. The molecule has 0 spiro atoms. The number of likely N-dealkylation sites (N-methyl/N-ethyl adjacent to an activating group) is 2. The van der Waals surface area contributed by atoms with Gasteiger partial charge in [-0.2, -0.15) is 0 Å². The summed E-state index contributed by atoms with van der Waals surface area (Å²) >= 11 is 8.89. The molecular formula is C22H22BrFN2O3S. The normalized spacial score (nSPS) is 15.3. The van der Waals surface area contributed by atoms with E-state index in [1.54, 1.807) is 35.1 Å². The fourth-order valence-electron chi connectivity index (χ4n) is 3.06. The van der Waals surface area contributed by atoms with Crippen LogP contribution in [0.4, 0.5) is 4.39 Å². The Hall–Kier alpha value is -2.45. The smallest absolute Gasteiger partial charge is 0.276 e. The van der Waals surface area contributed by atoms with E-state index >= 15 is 0 Å². The molecule has 0 aliphatic carbocycles. The molecule has 8 heteroatoms. The number of carbonyl (C=O) groups excluding carboxylic acids is 1. The Morgan fingerprint density at radius 3 is 2.47 bits per heavy atom. The van der Waals surface area contributed by atoms with E-state index in [0.717, 1.165) is 11.1 Å². The van der Waals surface area contributed by atoms with E-state index in [-0.39, 0.29) is 18.3 Å². The standard InChI is InChI=1S/C22H22BrFN2O3S/c1-4-26-21(27)18(25(3)22(26)30)11-15-10-17(23)20(19(12-15)28-5-2)29-13-14-6-8-16(24)9-7-14/h6-12H,4-5,13H2,1-3H3/b18-11-. The summed E-state index contributed by atoms with van der Waals surface area (Å²) in [5, 5.41) is 0.483. The van der Waals surface area contributed by atoms with Gasteiger partial charge in [-0.3, -0.25) is 9.69 Å². The minimum atomic E-state index is -0.292. The molecule has 1 saturated heterocycles. The number of carbonyl (C=O) groups is 1. The third-order valence-corrected chi connectivity index (χ3v) is 5.67. The van der Waals surface area contributed by atoms with Crippen LogP contribution >= 0.6 is 28.1 Å². The molecule has 0 aromatic heterocycles. The molecule has 158 valence electrons. The van der Waals surface area contributed by atoms with Gasteiger partial charge < -0.3 is 14.4 Å². The molecule has 0 bridgehead atoms. The van der Waals surface area contributed by atoms with Crippen molar-refractivity contribution < 1.29 is 18.7 Å². The zero-order valence-electron chi connectivity index (χ0n) is 16.9. The van der Waals surface area contributed by atoms with Gasteiger partial charge >= 0.3 is 0 Å². The number of halogens is 2. The summed E-state index contributed by atoms with van der Waals surface area (Å²) in [6.45, 7) is 5.00. The van der Waals surface area contributed by atoms with Gasteiger partial charge in [-0.05, 0) is 83.5 Å². The second-order valence-electron chi connectivity index (χ2n) is 6.60. The third kappa shape index (κ3) is 4.65. The van der Waals surface area contributed by atoms with Crippen molar-refractivity contribution in [3.63, 3.8) is 0 Å². The lowest BCUT2D eigenvalue weighted by Crippen LogP contribution is -2.30. The highest BCUT2D eigenvalue weighted by Crippen LogP contribution is 2.38. The summed E-state index contributed by atoms with van der Waals surface area (Å²) in [6, 6.07) is 9.81. The van der Waals surface area contributed by atoms with Crippen LogP contribution in [-0.2, 0) is 11.4 Å². The van der Waals surface area contributed by atoms with Gasteiger partial charge in [0.25, 0.3) is 5.91 Å². The first-order valence-electron chi connectivity index (χ1n) is 9.50. The van der Waals surface area contributed by atoms with E-state index < -0.39 is 0 Å². The minimum absolute atomic E-state index is 0.129. The summed E-state index contributed by atoms with van der Waals surface area (Å²) in [5.74, 6) is 0.666. The van der Waals surface area contributed by atoms with E-state index in [0.29, 0.717) is 39.9 Å². The molecule has 0 N–H and O–H groups in total. The van der Waals surface area contributed by atoms with E-state index in [2.05, 4.69) is 15.9 Å². The van der Waals surface area contributed by atoms with Gasteiger partial charge in [0, 0.05) is 13.6 Å². The molecule has 2 aromatic rings. The summed E-state index contributed by atoms with van der Waals surface area (Å²) in [6.07, 6.45) is 1.78. The Kier molecular flexibility index (Phi) is 7.10. The Morgan fingerprint density at radius 2 is 1.87 bits per heavy atom. The van der Waals surface area contributed by atoms with Crippen molar-refractivity contribution in [2.45, 2.75) is 20.5 Å². The topological polar surface area (TPSA) is 42.0 Å². The molecule has 0 atom stereocenters. The van der Waals surface area contributed by atoms with Crippen LogP contribution in [-0.4, -0.2) is 41.0 Å². The molecule has 1 fully saturated rings. The summed E-state index contributed by atoms with van der Waals surface area (Å²) in [7, 11) is 1.78. The van der Waals surface area contributed by atoms with Crippen molar-refractivity contribution in [1.29, 1.82) is 0 Å². The second kappa shape index (κ2) is 9.57. The first kappa shape index (κ1) is 22.2. The Labute approximate surface area is 189 Å². The van der Waals surface area contributed by atoms with Gasteiger partial charge in [-0.15, -0.1) is 0 Å². The summed E-state index contributed by atoms with van der Waals surface area (Å²) in [5.41, 5.74) is 2.11. The van der Waals surface area contributed by atoms with Crippen molar-refractivity contribution in [3.8, 4) is 11.5 Å². The van der Waals surface area contributed by atoms with Gasteiger partial charge in [0.15, 0.2) is 16.6 Å². The molecule has 1 heterocycles. The van der Waals surface area contributed by atoms with Crippen molar-refractivity contribution in [2.24, 2.45) is 0 Å². The average molecular weight is 493 g/mol. The highest BCUT2D eigenvalue weighted by molar-refractivity contribution is 9.10. The number of nitrogens with zero attached hydrogens (tertiary/aromatic N) is 2. The average Bonchev–Trinajstić information content (AvgIpc) is 2.91. The monoisotopic (exact) mass is 492 g/mol. The molecule has 0 radical (unpaired) electrons. The highest BCUT2D eigenvalue weighted by atomic mass is 79.9. The number of rotatable bonds is 7. The lowest BCUT2D eigenvalue weighted by molar-refractivity contribution is -0.122. The van der Waals surface area contributed by atoms with Crippen LogP contribution in [0.3, 0.4) is 0 Å². The lowest BCUT2D eigenvalue weighted by Gasteiger charge is -2.15. The second-order valence-corrected chi connectivity index (χ2v) is 7.82. The lowest BCUT2D eigenvalue weighted by atomic mass is 10.1. The maximum absolute atomic E-state index is 13.1. The summed E-state index contributed by atoms with van der Waals surface area (Å²) < 4.78 is 25.5. The molecule has 3 rings (SSSR count). The van der Waals surface area contributed by atoms with Crippen LogP contribution in [0.25, 0.3) is 6.08 Å². The van der Waals surface area contributed by atoms with Gasteiger partial charge in [-0.1, -0.05) is 12.1 Å². The molecule has 1 aliphatic heterocycles. The fourth-order valence-corrected chi connectivity index (χ4v) is 3.94. The van der Waals surface area contributed by atoms with E-state index in [1.165, 1.54) is 12.1 Å². The van der Waals surface area contributed by atoms with Crippen LogP contribution in [0, 0.1) is 5.82 Å². The maximum Gasteiger partial charge on any atom is 0.276 e. The predicted molar refractivity (Wildman–Crippen MR) is 122 cm³/mol. The van der Waals surface area contributed by atoms with Crippen LogP contribution in [0.15, 0.2) is 46.6 Å². The van der Waals surface area contributed by atoms with Crippen molar-refractivity contribution in [2.75, 3.05) is 20.2 Å². The minimum Gasteiger partial charge on any atom is -0.490 e. The first-order valence-corrected chi connectivity index (χ1v) is 10.7. The zero-order chi connectivity index (χ0) is 21.8. The SMILES string of the molecule is CCOc1cc(/C=C2/C(=O)N(CC)C(=S)N2C)cc(Br)c1OCc1ccc(F)cc1. The number of thiocarbonyl (C=S) groups is 1. The molecule has 30 heavy (non-hydrogen) atoms. The van der Waals surface area contributed by atoms with Crippen LogP contribution in [0.2, 0.25) is 0 Å². The largest absolute Gasteiger partial charge is 0.490 e. The fraction of sp³-hybridized carbons (Fsp3) is 0.273. The third-order valence-electron chi connectivity index (χ3n) is 4.59. The first-order chi connectivity index (χ1) is 14.3. The number of benzene rings is 2. The molecule has 2 aromatic carbocycles. The highest BCUT2D eigenvalue weighted by Gasteiger charge is 2.34. The Morgan fingerprint density at radius 1 is 1.17 bits per heavy atom. The predicted octanol–water partition coefficient (Wildman–Crippen LogP) is 4.99. The van der Waals surface area contributed by atoms with Gasteiger partial charge in [-0.25, -0.2) is 4.39 Å². The van der Waals surface area contributed by atoms with Crippen molar-refractivity contribution in [3.05, 3.63) is 63.5 Å². The number of hydrogen-bond donors (Lipinski definition) is 0. The van der Waals surface area contributed by atoms with E-state index in [9.17, 15) is 9.18 Å². The zero-order valence-corrected chi connectivity index (χ0v) is 19.3. The van der Waals surface area contributed by atoms with E-state index in [1.807, 2.05) is 26.0 Å². The quantitative estimate of drug-likeness (QED) is 0.402. The van der Waals surface area contributed by atoms with Gasteiger partial charge in [0.1, 0.15) is 18.1 Å². The van der Waals surface area contributed by atoms with E-state index in [4.69, 9.17) is 21.7 Å². The Balaban J connectivity index is 1.90. The van der Waals surface area contributed by atoms with Crippen molar-refractivity contribution >= 4 is 45.2 Å². The number of ether oxygens (including phenoxy) is 2. The molecule has 0 saturated carbocycles. The van der Waals surface area contributed by atoms with Gasteiger partial charge in [0.05, 0.1) is 11.1 Å². The molecule has 1 amide bonds. The molecular weight excluding hydrogens is 471 g/mol. The van der Waals surface area contributed by atoms with Crippen LogP contribution < -0.4 is 9.47 Å². The number of amides is 1. The summed E-state index contributed by atoms with van der Waals surface area (Å²) in [4.78, 5) is 15.9. The van der Waals surface area contributed by atoms with Gasteiger partial charge in [0.2, 0.25) is 0 Å². The molecule has 1 aliphatic rings. The Bertz CT molecular complexity index is 995. The number of hydrogen-bond acceptors (Lipinski definition) is 4.